The second-order valence-corrected chi connectivity index (χ2v) is 8.67. The number of thiophene rings is 1. The Bertz CT molecular complexity index is 981. The molecule has 1 unspecified atom stereocenters. The SMILES string of the molecule is Cc1cccc(C(=O)N2CCCC2C(=O)NCc2csc(-c3cccs3)n2)c1. The van der Waals surface area contributed by atoms with Crippen molar-refractivity contribution in [2.45, 2.75) is 32.4 Å². The molecule has 2 aromatic heterocycles. The molecular weight excluding hydrogens is 390 g/mol. The summed E-state index contributed by atoms with van der Waals surface area (Å²) >= 11 is 3.23. The molecule has 0 spiro atoms. The van der Waals surface area contributed by atoms with Gasteiger partial charge in [-0.2, -0.15) is 0 Å². The zero-order valence-electron chi connectivity index (χ0n) is 15.6. The summed E-state index contributed by atoms with van der Waals surface area (Å²) in [6.45, 7) is 2.96. The molecule has 1 aliphatic rings. The third-order valence-electron chi connectivity index (χ3n) is 4.81. The van der Waals surface area contributed by atoms with Crippen LogP contribution in [0.2, 0.25) is 0 Å². The number of carbonyl (C=O) groups is 2. The van der Waals surface area contributed by atoms with Crippen LogP contribution in [0.5, 0.6) is 0 Å². The van der Waals surface area contributed by atoms with Crippen LogP contribution >= 0.6 is 22.7 Å². The molecule has 1 saturated heterocycles. The van der Waals surface area contributed by atoms with Gasteiger partial charge in [0.1, 0.15) is 11.0 Å². The van der Waals surface area contributed by atoms with Crippen molar-refractivity contribution in [2.75, 3.05) is 6.54 Å². The molecule has 1 aliphatic heterocycles. The topological polar surface area (TPSA) is 62.3 Å². The second kappa shape index (κ2) is 8.24. The van der Waals surface area contributed by atoms with Gasteiger partial charge in [0.15, 0.2) is 0 Å². The number of aryl methyl sites for hydroxylation is 1. The predicted octanol–water partition coefficient (Wildman–Crippen LogP) is 4.10. The number of thiazole rings is 1. The molecule has 144 valence electrons. The van der Waals surface area contributed by atoms with Crippen LogP contribution in [0.25, 0.3) is 9.88 Å². The molecule has 1 fully saturated rings. The standard InChI is InChI=1S/C21H21N3O2S2/c1-14-5-2-6-15(11-14)21(26)24-9-3-7-17(24)19(25)22-12-16-13-28-20(23-16)18-8-4-10-27-18/h2,4-6,8,10-11,13,17H,3,7,9,12H2,1H3,(H,22,25). The lowest BCUT2D eigenvalue weighted by Gasteiger charge is -2.24. The van der Waals surface area contributed by atoms with Gasteiger partial charge in [-0.1, -0.05) is 23.8 Å². The van der Waals surface area contributed by atoms with Crippen molar-refractivity contribution in [3.63, 3.8) is 0 Å². The summed E-state index contributed by atoms with van der Waals surface area (Å²) in [7, 11) is 0. The van der Waals surface area contributed by atoms with Gasteiger partial charge in [0.2, 0.25) is 5.91 Å². The summed E-state index contributed by atoms with van der Waals surface area (Å²) in [6, 6.07) is 11.1. The average Bonchev–Trinajstić information content (AvgIpc) is 3.46. The number of nitrogens with one attached hydrogen (secondary N) is 1. The summed E-state index contributed by atoms with van der Waals surface area (Å²) in [6.07, 6.45) is 1.54. The Labute approximate surface area is 172 Å². The predicted molar refractivity (Wildman–Crippen MR) is 113 cm³/mol. The first-order valence-corrected chi connectivity index (χ1v) is 11.0. The molecule has 3 aromatic rings. The van der Waals surface area contributed by atoms with E-state index < -0.39 is 6.04 Å². The van der Waals surface area contributed by atoms with Gasteiger partial charge in [0.25, 0.3) is 5.91 Å². The third kappa shape index (κ3) is 4.00. The first-order valence-electron chi connectivity index (χ1n) is 9.25. The lowest BCUT2D eigenvalue weighted by Crippen LogP contribution is -2.45. The van der Waals surface area contributed by atoms with E-state index in [1.807, 2.05) is 54.1 Å². The fourth-order valence-electron chi connectivity index (χ4n) is 3.42. The van der Waals surface area contributed by atoms with Gasteiger partial charge in [0, 0.05) is 17.5 Å². The van der Waals surface area contributed by atoms with Crippen LogP contribution in [-0.2, 0) is 11.3 Å². The minimum atomic E-state index is -0.414. The highest BCUT2D eigenvalue weighted by atomic mass is 32.1. The first kappa shape index (κ1) is 18.8. The van der Waals surface area contributed by atoms with E-state index in [9.17, 15) is 9.59 Å². The molecule has 2 amide bonds. The smallest absolute Gasteiger partial charge is 0.254 e. The summed E-state index contributed by atoms with van der Waals surface area (Å²) in [5.41, 5.74) is 2.52. The molecule has 7 heteroatoms. The van der Waals surface area contributed by atoms with E-state index in [2.05, 4.69) is 10.3 Å². The minimum absolute atomic E-state index is 0.0741. The van der Waals surface area contributed by atoms with E-state index in [1.54, 1.807) is 27.6 Å². The van der Waals surface area contributed by atoms with Gasteiger partial charge in [-0.05, 0) is 43.3 Å². The van der Waals surface area contributed by atoms with Crippen molar-refractivity contribution < 1.29 is 9.59 Å². The lowest BCUT2D eigenvalue weighted by atomic mass is 10.1. The number of hydrogen-bond donors (Lipinski definition) is 1. The lowest BCUT2D eigenvalue weighted by molar-refractivity contribution is -0.125. The maximum Gasteiger partial charge on any atom is 0.254 e. The quantitative estimate of drug-likeness (QED) is 0.687. The molecule has 0 radical (unpaired) electrons. The van der Waals surface area contributed by atoms with Crippen LogP contribution in [0.15, 0.2) is 47.2 Å². The Morgan fingerprint density at radius 1 is 1.25 bits per heavy atom. The van der Waals surface area contributed by atoms with Crippen LogP contribution in [0.3, 0.4) is 0 Å². The zero-order valence-corrected chi connectivity index (χ0v) is 17.2. The van der Waals surface area contributed by atoms with Gasteiger partial charge >= 0.3 is 0 Å². The molecule has 1 N–H and O–H groups in total. The van der Waals surface area contributed by atoms with Gasteiger partial charge in [-0.3, -0.25) is 9.59 Å². The summed E-state index contributed by atoms with van der Waals surface area (Å²) in [5.74, 6) is -0.181. The fourth-order valence-corrected chi connectivity index (χ4v) is 5.06. The third-order valence-corrected chi connectivity index (χ3v) is 6.74. The number of nitrogens with zero attached hydrogens (tertiary/aromatic N) is 2. The highest BCUT2D eigenvalue weighted by Gasteiger charge is 2.34. The highest BCUT2D eigenvalue weighted by Crippen LogP contribution is 2.28. The molecule has 5 nitrogen and oxygen atoms in total. The molecule has 1 atom stereocenters. The van der Waals surface area contributed by atoms with Crippen LogP contribution in [-0.4, -0.2) is 34.3 Å². The van der Waals surface area contributed by atoms with E-state index >= 15 is 0 Å². The molecule has 3 heterocycles. The number of likely N-dealkylation sites (tertiary alicyclic amines) is 1. The van der Waals surface area contributed by atoms with Crippen molar-refractivity contribution in [3.05, 3.63) is 64.0 Å². The number of aromatic nitrogens is 1. The fraction of sp³-hybridized carbons (Fsp3) is 0.286. The number of benzene rings is 1. The van der Waals surface area contributed by atoms with Crippen molar-refractivity contribution in [1.29, 1.82) is 0 Å². The number of amides is 2. The van der Waals surface area contributed by atoms with Gasteiger partial charge in [0.05, 0.1) is 17.1 Å². The van der Waals surface area contributed by atoms with E-state index in [-0.39, 0.29) is 11.8 Å². The Morgan fingerprint density at radius 3 is 2.93 bits per heavy atom. The van der Waals surface area contributed by atoms with Crippen LogP contribution < -0.4 is 5.32 Å². The number of hydrogen-bond acceptors (Lipinski definition) is 5. The highest BCUT2D eigenvalue weighted by molar-refractivity contribution is 7.20. The molecule has 0 bridgehead atoms. The maximum atomic E-state index is 12.9. The maximum absolute atomic E-state index is 12.9. The minimum Gasteiger partial charge on any atom is -0.349 e. The zero-order chi connectivity index (χ0) is 19.5. The average molecular weight is 412 g/mol. The summed E-state index contributed by atoms with van der Waals surface area (Å²) < 4.78 is 0. The van der Waals surface area contributed by atoms with Gasteiger partial charge in [-0.15, -0.1) is 22.7 Å². The van der Waals surface area contributed by atoms with Crippen molar-refractivity contribution in [1.82, 2.24) is 15.2 Å². The van der Waals surface area contributed by atoms with E-state index in [0.717, 1.165) is 27.6 Å². The van der Waals surface area contributed by atoms with Crippen LogP contribution in [0, 0.1) is 6.92 Å². The first-order chi connectivity index (χ1) is 13.6. The monoisotopic (exact) mass is 411 g/mol. The largest absolute Gasteiger partial charge is 0.349 e. The molecule has 28 heavy (non-hydrogen) atoms. The Hall–Kier alpha value is -2.51. The normalized spacial score (nSPS) is 16.3. The van der Waals surface area contributed by atoms with Crippen LogP contribution in [0.4, 0.5) is 0 Å². The van der Waals surface area contributed by atoms with E-state index in [1.165, 1.54) is 0 Å². The molecule has 1 aromatic carbocycles. The van der Waals surface area contributed by atoms with Gasteiger partial charge < -0.3 is 10.2 Å². The molecular formula is C21H21N3O2S2. The second-order valence-electron chi connectivity index (χ2n) is 6.87. The van der Waals surface area contributed by atoms with Crippen molar-refractivity contribution >= 4 is 34.5 Å². The van der Waals surface area contributed by atoms with Crippen LogP contribution in [0.1, 0.15) is 34.5 Å². The van der Waals surface area contributed by atoms with E-state index in [0.29, 0.717) is 25.1 Å². The molecule has 0 saturated carbocycles. The molecule has 4 rings (SSSR count). The molecule has 0 aliphatic carbocycles. The Balaban J connectivity index is 1.39. The summed E-state index contributed by atoms with van der Waals surface area (Å²) in [4.78, 5) is 33.0. The summed E-state index contributed by atoms with van der Waals surface area (Å²) in [5, 5.41) is 7.93. The van der Waals surface area contributed by atoms with Crippen molar-refractivity contribution in [3.8, 4) is 9.88 Å². The van der Waals surface area contributed by atoms with E-state index in [4.69, 9.17) is 0 Å². The van der Waals surface area contributed by atoms with Crippen molar-refractivity contribution in [2.24, 2.45) is 0 Å². The number of rotatable bonds is 5. The number of carbonyl (C=O) groups excluding carboxylic acids is 2. The van der Waals surface area contributed by atoms with Gasteiger partial charge in [-0.25, -0.2) is 4.98 Å². The Kier molecular flexibility index (Phi) is 5.54. The Morgan fingerprint density at radius 2 is 2.14 bits per heavy atom.